The highest BCUT2D eigenvalue weighted by atomic mass is 16.7. The Kier molecular flexibility index (Phi) is 3.86. The fourth-order valence-corrected chi connectivity index (χ4v) is 2.32. The molecule has 3 rings (SSSR count). The number of hydrogen-bond donors (Lipinski definition) is 1. The maximum atomic E-state index is 9.28. The van der Waals surface area contributed by atoms with Gasteiger partial charge in [0, 0.05) is 0 Å². The number of aromatic hydroxyl groups is 1. The first-order valence-electron chi connectivity index (χ1n) is 7.69. The van der Waals surface area contributed by atoms with Crippen LogP contribution in [0.2, 0.25) is 0 Å². The van der Waals surface area contributed by atoms with Crippen molar-refractivity contribution in [1.82, 2.24) is 0 Å². The van der Waals surface area contributed by atoms with Gasteiger partial charge in [0.05, 0.1) is 11.2 Å². The molecule has 0 saturated carbocycles. The van der Waals surface area contributed by atoms with Crippen LogP contribution >= 0.6 is 0 Å². The molecule has 4 nitrogen and oxygen atoms in total. The first-order valence-corrected chi connectivity index (χ1v) is 7.69. The molecule has 0 radical (unpaired) electrons. The zero-order valence-electron chi connectivity index (χ0n) is 13.9. The van der Waals surface area contributed by atoms with Crippen molar-refractivity contribution in [3.63, 3.8) is 0 Å². The summed E-state index contributed by atoms with van der Waals surface area (Å²) in [4.78, 5) is 0. The lowest BCUT2D eigenvalue weighted by atomic mass is 9.79. The van der Waals surface area contributed by atoms with E-state index in [1.807, 2.05) is 52.0 Å². The zero-order valence-corrected chi connectivity index (χ0v) is 13.9. The standard InChI is InChI=1S/C18H21BO4/c1-17(2)18(3,4)23-19(22-17)13-5-9-15(10-6-13)21-16-11-7-14(20)8-12-16/h5-12,20H,1-4H3. The summed E-state index contributed by atoms with van der Waals surface area (Å²) >= 11 is 0. The van der Waals surface area contributed by atoms with Crippen LogP contribution in [-0.4, -0.2) is 23.4 Å². The topological polar surface area (TPSA) is 47.9 Å². The van der Waals surface area contributed by atoms with Crippen LogP contribution in [0.5, 0.6) is 17.2 Å². The molecule has 2 aromatic rings. The van der Waals surface area contributed by atoms with E-state index >= 15 is 0 Å². The average molecular weight is 312 g/mol. The van der Waals surface area contributed by atoms with Gasteiger partial charge in [-0.2, -0.15) is 0 Å². The summed E-state index contributed by atoms with van der Waals surface area (Å²) in [5.41, 5.74) is 0.263. The molecule has 0 spiro atoms. The normalized spacial score (nSPS) is 18.9. The molecule has 1 aliphatic heterocycles. The predicted molar refractivity (Wildman–Crippen MR) is 90.3 cm³/mol. The molecule has 1 saturated heterocycles. The lowest BCUT2D eigenvalue weighted by molar-refractivity contribution is 0.00578. The van der Waals surface area contributed by atoms with Crippen LogP contribution in [0.1, 0.15) is 27.7 Å². The molecule has 0 unspecified atom stereocenters. The highest BCUT2D eigenvalue weighted by Gasteiger charge is 2.51. The van der Waals surface area contributed by atoms with Crippen molar-refractivity contribution in [2.75, 3.05) is 0 Å². The molecule has 2 aromatic carbocycles. The van der Waals surface area contributed by atoms with Gasteiger partial charge in [-0.25, -0.2) is 0 Å². The summed E-state index contributed by atoms with van der Waals surface area (Å²) in [5.74, 6) is 1.61. The van der Waals surface area contributed by atoms with Gasteiger partial charge in [0.15, 0.2) is 0 Å². The minimum Gasteiger partial charge on any atom is -0.508 e. The summed E-state index contributed by atoms with van der Waals surface area (Å²) in [6.07, 6.45) is 0. The third kappa shape index (κ3) is 3.21. The summed E-state index contributed by atoms with van der Waals surface area (Å²) in [5, 5.41) is 9.28. The monoisotopic (exact) mass is 312 g/mol. The van der Waals surface area contributed by atoms with Crippen LogP contribution in [0.3, 0.4) is 0 Å². The van der Waals surface area contributed by atoms with Crippen molar-refractivity contribution < 1.29 is 19.2 Å². The Morgan fingerprint density at radius 3 is 1.70 bits per heavy atom. The molecule has 1 fully saturated rings. The zero-order chi connectivity index (χ0) is 16.7. The molecular formula is C18H21BO4. The van der Waals surface area contributed by atoms with Crippen molar-refractivity contribution in [3.05, 3.63) is 48.5 Å². The summed E-state index contributed by atoms with van der Waals surface area (Å²) in [7, 11) is -0.372. The predicted octanol–water partition coefficient (Wildman–Crippen LogP) is 3.48. The minimum atomic E-state index is -0.372. The smallest absolute Gasteiger partial charge is 0.494 e. The minimum absolute atomic E-state index is 0.216. The van der Waals surface area contributed by atoms with Crippen LogP contribution in [0.15, 0.2) is 48.5 Å². The third-order valence-electron chi connectivity index (χ3n) is 4.48. The summed E-state index contributed by atoms with van der Waals surface area (Å²) in [6.45, 7) is 8.15. The summed E-state index contributed by atoms with van der Waals surface area (Å²) < 4.78 is 17.8. The SMILES string of the molecule is CC1(C)OB(c2ccc(Oc3ccc(O)cc3)cc2)OC1(C)C. The highest BCUT2D eigenvalue weighted by Crippen LogP contribution is 2.36. The molecule has 0 aliphatic carbocycles. The Labute approximate surface area is 137 Å². The lowest BCUT2D eigenvalue weighted by Gasteiger charge is -2.32. The highest BCUT2D eigenvalue weighted by molar-refractivity contribution is 6.62. The Bertz CT molecular complexity index is 661. The molecule has 1 aliphatic rings. The fourth-order valence-electron chi connectivity index (χ4n) is 2.32. The number of phenols is 1. The van der Waals surface area contributed by atoms with Gasteiger partial charge in [-0.15, -0.1) is 0 Å². The lowest BCUT2D eigenvalue weighted by Crippen LogP contribution is -2.41. The molecule has 1 heterocycles. The van der Waals surface area contributed by atoms with Crippen LogP contribution in [0, 0.1) is 0 Å². The van der Waals surface area contributed by atoms with E-state index in [0.29, 0.717) is 5.75 Å². The van der Waals surface area contributed by atoms with E-state index in [1.165, 1.54) is 0 Å². The van der Waals surface area contributed by atoms with E-state index in [1.54, 1.807) is 24.3 Å². The first kappa shape index (κ1) is 15.9. The Morgan fingerprint density at radius 2 is 1.22 bits per heavy atom. The van der Waals surface area contributed by atoms with Gasteiger partial charge in [0.25, 0.3) is 0 Å². The number of benzene rings is 2. The summed E-state index contributed by atoms with van der Waals surface area (Å²) in [6, 6.07) is 14.3. The molecule has 0 amide bonds. The van der Waals surface area contributed by atoms with Crippen molar-refractivity contribution in [1.29, 1.82) is 0 Å². The van der Waals surface area contributed by atoms with Gasteiger partial charge in [-0.1, -0.05) is 12.1 Å². The van der Waals surface area contributed by atoms with Gasteiger partial charge in [0.2, 0.25) is 0 Å². The van der Waals surface area contributed by atoms with E-state index in [-0.39, 0.29) is 24.1 Å². The largest absolute Gasteiger partial charge is 0.508 e. The number of hydrogen-bond acceptors (Lipinski definition) is 4. The molecular weight excluding hydrogens is 291 g/mol. The number of ether oxygens (including phenoxy) is 1. The third-order valence-corrected chi connectivity index (χ3v) is 4.48. The molecule has 0 aromatic heterocycles. The quantitative estimate of drug-likeness (QED) is 0.882. The van der Waals surface area contributed by atoms with E-state index in [4.69, 9.17) is 14.0 Å². The molecule has 0 atom stereocenters. The van der Waals surface area contributed by atoms with Crippen LogP contribution < -0.4 is 10.2 Å². The van der Waals surface area contributed by atoms with E-state index < -0.39 is 0 Å². The first-order chi connectivity index (χ1) is 10.8. The Balaban J connectivity index is 1.72. The molecule has 23 heavy (non-hydrogen) atoms. The van der Waals surface area contributed by atoms with Crippen molar-refractivity contribution in [2.24, 2.45) is 0 Å². The van der Waals surface area contributed by atoms with Gasteiger partial charge in [-0.05, 0) is 69.6 Å². The van der Waals surface area contributed by atoms with Crippen LogP contribution in [0.25, 0.3) is 0 Å². The maximum Gasteiger partial charge on any atom is 0.494 e. The number of phenolic OH excluding ortho intramolecular Hbond substituents is 1. The van der Waals surface area contributed by atoms with E-state index in [0.717, 1.165) is 11.2 Å². The maximum absolute atomic E-state index is 9.28. The van der Waals surface area contributed by atoms with Gasteiger partial charge >= 0.3 is 7.12 Å². The van der Waals surface area contributed by atoms with Crippen LogP contribution in [0.4, 0.5) is 0 Å². The molecule has 1 N–H and O–H groups in total. The average Bonchev–Trinajstić information content (AvgIpc) is 2.71. The van der Waals surface area contributed by atoms with Gasteiger partial charge in [-0.3, -0.25) is 0 Å². The number of rotatable bonds is 3. The van der Waals surface area contributed by atoms with Crippen molar-refractivity contribution in [2.45, 2.75) is 38.9 Å². The van der Waals surface area contributed by atoms with E-state index in [9.17, 15) is 5.11 Å². The van der Waals surface area contributed by atoms with Gasteiger partial charge in [0.1, 0.15) is 17.2 Å². The second-order valence-electron chi connectivity index (χ2n) is 6.75. The van der Waals surface area contributed by atoms with Gasteiger partial charge < -0.3 is 19.2 Å². The Morgan fingerprint density at radius 1 is 0.783 bits per heavy atom. The van der Waals surface area contributed by atoms with Crippen molar-refractivity contribution in [3.8, 4) is 17.2 Å². The second kappa shape index (κ2) is 5.58. The molecule has 120 valence electrons. The second-order valence-corrected chi connectivity index (χ2v) is 6.75. The molecule has 0 bridgehead atoms. The van der Waals surface area contributed by atoms with E-state index in [2.05, 4.69) is 0 Å². The fraction of sp³-hybridized carbons (Fsp3) is 0.333. The molecule has 5 heteroatoms. The Hall–Kier alpha value is -1.98. The van der Waals surface area contributed by atoms with Crippen LogP contribution in [-0.2, 0) is 9.31 Å². The van der Waals surface area contributed by atoms with Crippen molar-refractivity contribution >= 4 is 12.6 Å².